The number of aryl methyl sites for hydroxylation is 3. The monoisotopic (exact) mass is 462 g/mol. The first-order valence-corrected chi connectivity index (χ1v) is 11.4. The number of nitrogens with one attached hydrogen (secondary N) is 1. The fraction of sp³-hybridized carbons (Fsp3) is 0.208. The molecule has 0 atom stereocenters. The Morgan fingerprint density at radius 2 is 1.67 bits per heavy atom. The molecular weight excluding hydrogens is 439 g/mol. The van der Waals surface area contributed by atoms with Crippen LogP contribution in [0.5, 0.6) is 0 Å². The van der Waals surface area contributed by atoms with E-state index < -0.39 is 0 Å². The van der Waals surface area contributed by atoms with Crippen LogP contribution in [0.2, 0.25) is 0 Å². The van der Waals surface area contributed by atoms with Gasteiger partial charge >= 0.3 is 0 Å². The summed E-state index contributed by atoms with van der Waals surface area (Å²) in [6, 6.07) is 15.7. The number of carbonyl (C=O) groups excluding carboxylic acids is 1. The van der Waals surface area contributed by atoms with Crippen molar-refractivity contribution in [1.82, 2.24) is 30.3 Å². The zero-order chi connectivity index (χ0) is 23.4. The van der Waals surface area contributed by atoms with Crippen LogP contribution < -0.4 is 5.32 Å². The van der Waals surface area contributed by atoms with E-state index in [1.165, 1.54) is 23.9 Å². The molecule has 33 heavy (non-hydrogen) atoms. The number of hydrogen-bond donors (Lipinski definition) is 1. The first kappa shape index (κ1) is 22.6. The molecule has 2 heterocycles. The Balaban J connectivity index is 1.60. The minimum Gasteiger partial charge on any atom is -0.347 e. The van der Waals surface area contributed by atoms with Gasteiger partial charge in [-0.15, -0.1) is 5.10 Å². The summed E-state index contributed by atoms with van der Waals surface area (Å²) < 4.78 is 14.8. The molecule has 2 aromatic heterocycles. The van der Waals surface area contributed by atoms with Gasteiger partial charge in [0.05, 0.1) is 11.4 Å². The predicted molar refractivity (Wildman–Crippen MR) is 125 cm³/mol. The second-order valence-electron chi connectivity index (χ2n) is 7.66. The molecule has 168 valence electrons. The number of halogens is 1. The molecule has 4 rings (SSSR count). The van der Waals surface area contributed by atoms with Crippen LogP contribution in [0.3, 0.4) is 0 Å². The number of benzene rings is 2. The first-order valence-electron chi connectivity index (χ1n) is 10.4. The molecule has 1 amide bonds. The lowest BCUT2D eigenvalue weighted by Crippen LogP contribution is -2.24. The lowest BCUT2D eigenvalue weighted by Gasteiger charge is -2.09. The van der Waals surface area contributed by atoms with Crippen molar-refractivity contribution < 1.29 is 9.18 Å². The number of rotatable bonds is 7. The Bertz CT molecular complexity index is 1250. The minimum absolute atomic E-state index is 0.231. The minimum atomic E-state index is -0.352. The summed E-state index contributed by atoms with van der Waals surface area (Å²) in [5.41, 5.74) is 5.35. The highest BCUT2D eigenvalue weighted by Gasteiger charge is 2.21. The summed E-state index contributed by atoms with van der Waals surface area (Å²) in [6.07, 6.45) is 0. The maximum atomic E-state index is 13.1. The molecule has 1 N–H and O–H groups in total. The van der Waals surface area contributed by atoms with Gasteiger partial charge in [-0.25, -0.2) is 19.0 Å². The quantitative estimate of drug-likeness (QED) is 0.325. The van der Waals surface area contributed by atoms with Crippen molar-refractivity contribution in [2.24, 2.45) is 0 Å². The Hall–Kier alpha value is -3.59. The van der Waals surface area contributed by atoms with Crippen molar-refractivity contribution in [3.05, 3.63) is 94.3 Å². The predicted octanol–water partition coefficient (Wildman–Crippen LogP) is 4.34. The van der Waals surface area contributed by atoms with Gasteiger partial charge in [-0.1, -0.05) is 46.8 Å². The van der Waals surface area contributed by atoms with E-state index in [2.05, 4.69) is 25.6 Å². The molecule has 0 aliphatic rings. The number of carbonyl (C=O) groups is 1. The van der Waals surface area contributed by atoms with Crippen molar-refractivity contribution in [3.63, 3.8) is 0 Å². The third-order valence-electron chi connectivity index (χ3n) is 4.92. The molecule has 0 spiro atoms. The van der Waals surface area contributed by atoms with Crippen LogP contribution in [-0.4, -0.2) is 30.9 Å². The summed E-state index contributed by atoms with van der Waals surface area (Å²) in [5, 5.41) is 11.9. The number of aromatic nitrogens is 5. The first-order chi connectivity index (χ1) is 15.9. The van der Waals surface area contributed by atoms with Crippen molar-refractivity contribution in [2.45, 2.75) is 38.2 Å². The summed E-state index contributed by atoms with van der Waals surface area (Å²) in [4.78, 5) is 21.9. The van der Waals surface area contributed by atoms with Crippen molar-refractivity contribution in [3.8, 4) is 5.69 Å². The average molecular weight is 463 g/mol. The number of nitrogens with zero attached hydrogens (tertiary/aromatic N) is 5. The summed E-state index contributed by atoms with van der Waals surface area (Å²) >= 11 is 1.42. The second-order valence-corrected chi connectivity index (χ2v) is 8.61. The fourth-order valence-electron chi connectivity index (χ4n) is 3.26. The Morgan fingerprint density at radius 1 is 1.00 bits per heavy atom. The second kappa shape index (κ2) is 9.91. The van der Waals surface area contributed by atoms with E-state index in [9.17, 15) is 9.18 Å². The normalized spacial score (nSPS) is 10.9. The third kappa shape index (κ3) is 5.61. The zero-order valence-corrected chi connectivity index (χ0v) is 19.4. The van der Waals surface area contributed by atoms with Crippen LogP contribution >= 0.6 is 11.8 Å². The van der Waals surface area contributed by atoms with Gasteiger partial charge in [-0.2, -0.15) is 0 Å². The molecule has 0 radical (unpaired) electrons. The summed E-state index contributed by atoms with van der Waals surface area (Å²) in [5.74, 6) is -0.267. The molecule has 0 bridgehead atoms. The van der Waals surface area contributed by atoms with Crippen LogP contribution in [0.4, 0.5) is 4.39 Å². The number of thioether (sulfide) groups is 1. The van der Waals surface area contributed by atoms with E-state index in [0.717, 1.165) is 28.2 Å². The van der Waals surface area contributed by atoms with E-state index in [1.807, 2.05) is 51.1 Å². The lowest BCUT2D eigenvalue weighted by atomic mass is 10.2. The van der Waals surface area contributed by atoms with E-state index in [-0.39, 0.29) is 24.0 Å². The molecule has 0 fully saturated rings. The lowest BCUT2D eigenvalue weighted by molar-refractivity contribution is 0.0945. The van der Waals surface area contributed by atoms with Gasteiger partial charge in [-0.05, 0) is 56.7 Å². The zero-order valence-electron chi connectivity index (χ0n) is 18.5. The van der Waals surface area contributed by atoms with Crippen LogP contribution in [0.1, 0.15) is 38.7 Å². The third-order valence-corrected chi connectivity index (χ3v) is 5.78. The van der Waals surface area contributed by atoms with Crippen LogP contribution in [-0.2, 0) is 12.3 Å². The van der Waals surface area contributed by atoms with E-state index in [1.54, 1.807) is 16.8 Å². The molecule has 0 unspecified atom stereocenters. The van der Waals surface area contributed by atoms with Gasteiger partial charge in [-0.3, -0.25) is 4.79 Å². The highest BCUT2D eigenvalue weighted by Crippen LogP contribution is 2.24. The van der Waals surface area contributed by atoms with E-state index in [4.69, 9.17) is 0 Å². The Kier molecular flexibility index (Phi) is 6.79. The number of hydrogen-bond acceptors (Lipinski definition) is 6. The van der Waals surface area contributed by atoms with Crippen molar-refractivity contribution in [1.29, 1.82) is 0 Å². The van der Waals surface area contributed by atoms with Crippen LogP contribution in [0.25, 0.3) is 5.69 Å². The Morgan fingerprint density at radius 3 is 2.33 bits per heavy atom. The van der Waals surface area contributed by atoms with E-state index in [0.29, 0.717) is 16.6 Å². The van der Waals surface area contributed by atoms with Gasteiger partial charge in [0, 0.05) is 23.7 Å². The highest BCUT2D eigenvalue weighted by molar-refractivity contribution is 7.98. The van der Waals surface area contributed by atoms with E-state index >= 15 is 0 Å². The average Bonchev–Trinajstić information content (AvgIpc) is 3.21. The SMILES string of the molecule is Cc1ccc(-n2nnc(C(=O)NCc3ccc(F)cc3)c2CSc2nc(C)cc(C)n2)cc1. The molecule has 0 aliphatic heterocycles. The standard InChI is InChI=1S/C24H23FN6OS/c1-15-4-10-20(11-5-15)31-21(14-33-24-27-16(2)12-17(3)28-24)22(29-30-31)23(32)26-13-18-6-8-19(25)9-7-18/h4-12H,13-14H2,1-3H3,(H,26,32). The topological polar surface area (TPSA) is 85.6 Å². The van der Waals surface area contributed by atoms with Gasteiger partial charge < -0.3 is 5.32 Å². The molecular formula is C24H23FN6OS. The largest absolute Gasteiger partial charge is 0.347 e. The van der Waals surface area contributed by atoms with Crippen LogP contribution in [0.15, 0.2) is 59.8 Å². The molecule has 4 aromatic rings. The Labute approximate surface area is 195 Å². The van der Waals surface area contributed by atoms with Gasteiger partial charge in [0.15, 0.2) is 10.9 Å². The highest BCUT2D eigenvalue weighted by atomic mass is 32.2. The van der Waals surface area contributed by atoms with Gasteiger partial charge in [0.25, 0.3) is 5.91 Å². The smallest absolute Gasteiger partial charge is 0.274 e. The van der Waals surface area contributed by atoms with Gasteiger partial charge in [0.2, 0.25) is 0 Å². The molecule has 0 aliphatic carbocycles. The number of amides is 1. The maximum absolute atomic E-state index is 13.1. The molecule has 2 aromatic carbocycles. The van der Waals surface area contributed by atoms with Gasteiger partial charge in [0.1, 0.15) is 5.82 Å². The van der Waals surface area contributed by atoms with Crippen molar-refractivity contribution >= 4 is 17.7 Å². The van der Waals surface area contributed by atoms with Crippen LogP contribution in [0, 0.1) is 26.6 Å². The molecule has 0 saturated heterocycles. The maximum Gasteiger partial charge on any atom is 0.274 e. The summed E-state index contributed by atoms with van der Waals surface area (Å²) in [7, 11) is 0. The molecule has 9 heteroatoms. The van der Waals surface area contributed by atoms with Crippen molar-refractivity contribution in [2.75, 3.05) is 0 Å². The molecule has 0 saturated carbocycles. The summed E-state index contributed by atoms with van der Waals surface area (Å²) in [6.45, 7) is 6.10. The molecule has 7 nitrogen and oxygen atoms in total. The fourth-order valence-corrected chi connectivity index (χ4v) is 4.20.